The second-order valence-electron chi connectivity index (χ2n) is 4.52. The summed E-state index contributed by atoms with van der Waals surface area (Å²) in [7, 11) is 0. The number of nitrogens with zero attached hydrogens (tertiary/aromatic N) is 2. The van der Waals surface area contributed by atoms with Gasteiger partial charge in [0.15, 0.2) is 0 Å². The van der Waals surface area contributed by atoms with Crippen LogP contribution in [0.4, 0.5) is 0 Å². The molecule has 0 saturated carbocycles. The highest BCUT2D eigenvalue weighted by Crippen LogP contribution is 2.19. The summed E-state index contributed by atoms with van der Waals surface area (Å²) >= 11 is 0. The second-order valence-corrected chi connectivity index (χ2v) is 4.52. The van der Waals surface area contributed by atoms with Crippen LogP contribution in [0.15, 0.2) is 69.7 Å². The Bertz CT molecular complexity index is 971. The van der Waals surface area contributed by atoms with Crippen molar-refractivity contribution >= 4 is 21.9 Å². The summed E-state index contributed by atoms with van der Waals surface area (Å²) in [5.74, 6) is 0.367. The third-order valence-corrected chi connectivity index (χ3v) is 3.14. The maximum Gasteiger partial charge on any atom is 0.204 e. The Morgan fingerprint density at radius 2 is 1.55 bits per heavy atom. The molecule has 4 rings (SSSR count). The second kappa shape index (κ2) is 5.87. The fourth-order valence-electron chi connectivity index (χ4n) is 2.10. The van der Waals surface area contributed by atoms with Gasteiger partial charge in [-0.1, -0.05) is 30.3 Å². The quantitative estimate of drug-likeness (QED) is 0.473. The highest BCUT2D eigenvalue weighted by Gasteiger charge is 2.01. The van der Waals surface area contributed by atoms with Gasteiger partial charge in [0.25, 0.3) is 0 Å². The van der Waals surface area contributed by atoms with Crippen LogP contribution >= 0.6 is 0 Å². The predicted molar refractivity (Wildman–Crippen MR) is 81.9 cm³/mol. The molecule has 0 aliphatic rings. The van der Waals surface area contributed by atoms with E-state index in [-0.39, 0.29) is 0 Å². The highest BCUT2D eigenvalue weighted by atomic mass is 16.3. The molecule has 2 aromatic carbocycles. The molecule has 0 fully saturated rings. The zero-order valence-electron chi connectivity index (χ0n) is 11.5. The third-order valence-electron chi connectivity index (χ3n) is 3.14. The predicted octanol–water partition coefficient (Wildman–Crippen LogP) is 4.61. The Morgan fingerprint density at radius 1 is 0.818 bits per heavy atom. The fraction of sp³-hybridized carbons (Fsp3) is 0. The molecule has 0 amide bonds. The third kappa shape index (κ3) is 2.54. The van der Waals surface area contributed by atoms with Crippen molar-refractivity contribution in [3.8, 4) is 12.1 Å². The first-order valence-corrected chi connectivity index (χ1v) is 6.57. The van der Waals surface area contributed by atoms with E-state index in [1.807, 2.05) is 54.6 Å². The number of para-hydroxylation sites is 2. The fourth-order valence-corrected chi connectivity index (χ4v) is 2.10. The van der Waals surface area contributed by atoms with Gasteiger partial charge in [-0.05, 0) is 18.2 Å². The van der Waals surface area contributed by atoms with Gasteiger partial charge >= 0.3 is 0 Å². The van der Waals surface area contributed by atoms with Gasteiger partial charge in [-0.15, -0.1) is 0 Å². The van der Waals surface area contributed by atoms with Crippen LogP contribution in [-0.4, -0.2) is 0 Å². The molecule has 0 N–H and O–H groups in total. The van der Waals surface area contributed by atoms with E-state index >= 15 is 0 Å². The van der Waals surface area contributed by atoms with E-state index < -0.39 is 0 Å². The lowest BCUT2D eigenvalue weighted by atomic mass is 10.2. The molecular formula is C18H10N2O2. The molecule has 2 heterocycles. The average molecular weight is 286 g/mol. The summed E-state index contributed by atoms with van der Waals surface area (Å²) in [5.41, 5.74) is 2.13. The van der Waals surface area contributed by atoms with E-state index in [4.69, 9.17) is 19.4 Å². The van der Waals surface area contributed by atoms with Crippen LogP contribution in [-0.2, 0) is 0 Å². The van der Waals surface area contributed by atoms with Crippen molar-refractivity contribution in [3.05, 3.63) is 72.2 Å². The minimum absolute atomic E-state index is 0.367. The maximum absolute atomic E-state index is 8.61. The normalized spacial score (nSPS) is 9.73. The smallest absolute Gasteiger partial charge is 0.204 e. The highest BCUT2D eigenvalue weighted by molar-refractivity contribution is 5.83. The Hall–Kier alpha value is -3.50. The molecule has 22 heavy (non-hydrogen) atoms. The first kappa shape index (κ1) is 13.5. The molecule has 0 aliphatic carbocycles. The van der Waals surface area contributed by atoms with Crippen LogP contribution in [0.5, 0.6) is 0 Å². The summed E-state index contributed by atoms with van der Waals surface area (Å²) in [5, 5.41) is 19.0. The van der Waals surface area contributed by atoms with Crippen LogP contribution in [0.1, 0.15) is 11.3 Å². The molecule has 0 saturated heterocycles. The van der Waals surface area contributed by atoms with Gasteiger partial charge in [0, 0.05) is 16.8 Å². The average Bonchev–Trinajstić information content (AvgIpc) is 3.18. The Morgan fingerprint density at radius 3 is 2.27 bits per heavy atom. The van der Waals surface area contributed by atoms with E-state index in [1.54, 1.807) is 6.07 Å². The molecule has 0 unspecified atom stereocenters. The summed E-state index contributed by atoms with van der Waals surface area (Å²) in [6.45, 7) is 0. The molecule has 0 spiro atoms. The number of furan rings is 2. The van der Waals surface area contributed by atoms with Crippen molar-refractivity contribution < 1.29 is 8.83 Å². The number of nitriles is 2. The molecule has 0 radical (unpaired) electrons. The minimum atomic E-state index is 0.367. The number of hydrogen-bond donors (Lipinski definition) is 0. The SMILES string of the molecule is N#Cc1cc2ccccc2o1.N#Cc1coc2ccccc12. The van der Waals surface area contributed by atoms with E-state index in [9.17, 15) is 0 Å². The standard InChI is InChI=1S/2C9H5NO/c10-5-7-6-11-9-4-2-1-3-8(7)9;10-6-8-5-7-3-1-2-4-9(7)11-8/h1-4,6H;1-5H. The Labute approximate surface area is 126 Å². The van der Waals surface area contributed by atoms with E-state index in [1.165, 1.54) is 6.26 Å². The molecule has 104 valence electrons. The summed E-state index contributed by atoms with van der Waals surface area (Å²) in [6.07, 6.45) is 1.48. The van der Waals surface area contributed by atoms with E-state index in [0.29, 0.717) is 11.3 Å². The number of benzene rings is 2. The zero-order chi connectivity index (χ0) is 15.4. The maximum atomic E-state index is 8.61. The van der Waals surface area contributed by atoms with E-state index in [0.717, 1.165) is 21.9 Å². The molecule has 4 nitrogen and oxygen atoms in total. The van der Waals surface area contributed by atoms with Gasteiger partial charge < -0.3 is 8.83 Å². The lowest BCUT2D eigenvalue weighted by Crippen LogP contribution is -1.66. The van der Waals surface area contributed by atoms with Gasteiger partial charge in [-0.3, -0.25) is 0 Å². The Kier molecular flexibility index (Phi) is 3.59. The van der Waals surface area contributed by atoms with E-state index in [2.05, 4.69) is 6.07 Å². The minimum Gasteiger partial charge on any atom is -0.463 e. The van der Waals surface area contributed by atoms with Gasteiger partial charge in [0.2, 0.25) is 5.76 Å². The number of rotatable bonds is 0. The zero-order valence-corrected chi connectivity index (χ0v) is 11.5. The lowest BCUT2D eigenvalue weighted by Gasteiger charge is -1.83. The van der Waals surface area contributed by atoms with Crippen molar-refractivity contribution in [2.24, 2.45) is 0 Å². The molecule has 4 heteroatoms. The van der Waals surface area contributed by atoms with Crippen molar-refractivity contribution in [1.82, 2.24) is 0 Å². The van der Waals surface area contributed by atoms with Gasteiger partial charge in [-0.2, -0.15) is 10.5 Å². The molecule has 0 atom stereocenters. The van der Waals surface area contributed by atoms with Crippen LogP contribution < -0.4 is 0 Å². The van der Waals surface area contributed by atoms with Crippen LogP contribution in [0.2, 0.25) is 0 Å². The summed E-state index contributed by atoms with van der Waals surface area (Å²) in [6, 6.07) is 20.8. The van der Waals surface area contributed by atoms with Crippen molar-refractivity contribution in [2.45, 2.75) is 0 Å². The van der Waals surface area contributed by atoms with Gasteiger partial charge in [0.05, 0.1) is 5.56 Å². The molecular weight excluding hydrogens is 276 g/mol. The molecule has 4 aromatic rings. The molecule has 0 bridgehead atoms. The Balaban J connectivity index is 0.000000131. The topological polar surface area (TPSA) is 73.9 Å². The van der Waals surface area contributed by atoms with Crippen LogP contribution in [0, 0.1) is 22.7 Å². The number of fused-ring (bicyclic) bond motifs is 2. The molecule has 2 aromatic heterocycles. The largest absolute Gasteiger partial charge is 0.463 e. The number of hydrogen-bond acceptors (Lipinski definition) is 4. The van der Waals surface area contributed by atoms with Crippen LogP contribution in [0.25, 0.3) is 21.9 Å². The van der Waals surface area contributed by atoms with Gasteiger partial charge in [-0.25, -0.2) is 0 Å². The van der Waals surface area contributed by atoms with Crippen molar-refractivity contribution in [2.75, 3.05) is 0 Å². The lowest BCUT2D eigenvalue weighted by molar-refractivity contribution is 0.599. The summed E-state index contributed by atoms with van der Waals surface area (Å²) in [4.78, 5) is 0. The molecule has 0 aliphatic heterocycles. The van der Waals surface area contributed by atoms with Crippen LogP contribution in [0.3, 0.4) is 0 Å². The van der Waals surface area contributed by atoms with Gasteiger partial charge in [0.1, 0.15) is 29.6 Å². The monoisotopic (exact) mass is 286 g/mol. The van der Waals surface area contributed by atoms with Crippen molar-refractivity contribution in [1.29, 1.82) is 10.5 Å². The first-order valence-electron chi connectivity index (χ1n) is 6.57. The first-order chi connectivity index (χ1) is 10.8. The van der Waals surface area contributed by atoms with Crippen molar-refractivity contribution in [3.63, 3.8) is 0 Å². The summed E-state index contributed by atoms with van der Waals surface area (Å²) < 4.78 is 10.3.